The van der Waals surface area contributed by atoms with Crippen molar-refractivity contribution in [2.45, 2.75) is 25.2 Å². The zero-order valence-corrected chi connectivity index (χ0v) is 12.0. The summed E-state index contributed by atoms with van der Waals surface area (Å²) in [6.45, 7) is 4.49. The first kappa shape index (κ1) is 15.6. The molecule has 0 bridgehead atoms. The molecule has 0 saturated heterocycles. The summed E-state index contributed by atoms with van der Waals surface area (Å²) < 4.78 is 26.3. The molecule has 0 aliphatic heterocycles. The van der Waals surface area contributed by atoms with Gasteiger partial charge in [0.2, 0.25) is 10.0 Å². The van der Waals surface area contributed by atoms with Crippen molar-refractivity contribution in [3.05, 3.63) is 24.5 Å². The SMILES string of the molecule is CC(C)CN(CCC(=N)N)S(=O)(=O)c1cccnc1. The molecular formula is C12H20N4O2S. The molecule has 0 amide bonds. The molecule has 1 aromatic heterocycles. The molecule has 106 valence electrons. The third-order valence-corrected chi connectivity index (χ3v) is 4.32. The third kappa shape index (κ3) is 4.60. The lowest BCUT2D eigenvalue weighted by molar-refractivity contribution is 0.374. The molecule has 6 nitrogen and oxygen atoms in total. The number of nitrogens with two attached hydrogens (primary N) is 1. The molecule has 3 N–H and O–H groups in total. The summed E-state index contributed by atoms with van der Waals surface area (Å²) in [5.41, 5.74) is 5.30. The van der Waals surface area contributed by atoms with E-state index in [2.05, 4.69) is 4.98 Å². The van der Waals surface area contributed by atoms with E-state index >= 15 is 0 Å². The van der Waals surface area contributed by atoms with Crippen LogP contribution in [-0.4, -0.2) is 36.6 Å². The smallest absolute Gasteiger partial charge is 0.244 e. The second-order valence-electron chi connectivity index (χ2n) is 4.72. The average Bonchev–Trinajstić information content (AvgIpc) is 2.34. The van der Waals surface area contributed by atoms with Gasteiger partial charge in [-0.3, -0.25) is 10.4 Å². The van der Waals surface area contributed by atoms with Gasteiger partial charge in [0, 0.05) is 31.9 Å². The van der Waals surface area contributed by atoms with Crippen LogP contribution in [-0.2, 0) is 10.0 Å². The van der Waals surface area contributed by atoms with Gasteiger partial charge in [0.25, 0.3) is 0 Å². The van der Waals surface area contributed by atoms with Crippen molar-refractivity contribution in [3.63, 3.8) is 0 Å². The molecule has 0 fully saturated rings. The number of rotatable bonds is 7. The molecule has 0 aromatic carbocycles. The van der Waals surface area contributed by atoms with Crippen LogP contribution in [0.2, 0.25) is 0 Å². The van der Waals surface area contributed by atoms with Gasteiger partial charge < -0.3 is 5.73 Å². The zero-order valence-electron chi connectivity index (χ0n) is 11.2. The first-order valence-electron chi connectivity index (χ1n) is 6.07. The van der Waals surface area contributed by atoms with Crippen molar-refractivity contribution in [1.29, 1.82) is 5.41 Å². The van der Waals surface area contributed by atoms with E-state index in [0.717, 1.165) is 0 Å². The normalized spacial score (nSPS) is 12.0. The Labute approximate surface area is 114 Å². The molecule has 0 radical (unpaired) electrons. The van der Waals surface area contributed by atoms with Gasteiger partial charge in [-0.25, -0.2) is 8.42 Å². The maximum atomic E-state index is 12.5. The van der Waals surface area contributed by atoms with E-state index in [0.29, 0.717) is 6.54 Å². The van der Waals surface area contributed by atoms with Gasteiger partial charge in [-0.05, 0) is 18.1 Å². The summed E-state index contributed by atoms with van der Waals surface area (Å²) in [5, 5.41) is 7.22. The van der Waals surface area contributed by atoms with Gasteiger partial charge in [0.05, 0.1) is 5.84 Å². The van der Waals surface area contributed by atoms with Gasteiger partial charge in [0.15, 0.2) is 0 Å². The highest BCUT2D eigenvalue weighted by Crippen LogP contribution is 2.16. The maximum Gasteiger partial charge on any atom is 0.244 e. The molecule has 1 heterocycles. The van der Waals surface area contributed by atoms with Crippen LogP contribution in [0.1, 0.15) is 20.3 Å². The number of amidine groups is 1. The number of nitrogens with zero attached hydrogens (tertiary/aromatic N) is 2. The maximum absolute atomic E-state index is 12.5. The molecule has 0 aliphatic rings. The number of aromatic nitrogens is 1. The predicted octanol–water partition coefficient (Wildman–Crippen LogP) is 1.05. The quantitative estimate of drug-likeness (QED) is 0.577. The fourth-order valence-corrected chi connectivity index (χ4v) is 3.18. The van der Waals surface area contributed by atoms with Crippen molar-refractivity contribution < 1.29 is 8.42 Å². The summed E-state index contributed by atoms with van der Waals surface area (Å²) in [5.74, 6) is 0.175. The number of hydrogen-bond acceptors (Lipinski definition) is 4. The fraction of sp³-hybridized carbons (Fsp3) is 0.500. The lowest BCUT2D eigenvalue weighted by atomic mass is 10.2. The summed E-state index contributed by atoms with van der Waals surface area (Å²) in [7, 11) is -3.57. The number of nitrogens with one attached hydrogen (secondary N) is 1. The van der Waals surface area contributed by atoms with Gasteiger partial charge in [-0.2, -0.15) is 4.31 Å². The minimum Gasteiger partial charge on any atom is -0.388 e. The molecule has 0 aliphatic carbocycles. The fourth-order valence-electron chi connectivity index (χ4n) is 1.61. The highest BCUT2D eigenvalue weighted by molar-refractivity contribution is 7.89. The predicted molar refractivity (Wildman–Crippen MR) is 74.4 cm³/mol. The van der Waals surface area contributed by atoms with Crippen LogP contribution in [0.3, 0.4) is 0 Å². The van der Waals surface area contributed by atoms with E-state index in [9.17, 15) is 8.42 Å². The monoisotopic (exact) mass is 284 g/mol. The van der Waals surface area contributed by atoms with Gasteiger partial charge in [0.1, 0.15) is 4.90 Å². The van der Waals surface area contributed by atoms with Crippen molar-refractivity contribution in [2.24, 2.45) is 11.7 Å². The van der Waals surface area contributed by atoms with Crippen molar-refractivity contribution >= 4 is 15.9 Å². The van der Waals surface area contributed by atoms with Crippen LogP contribution in [0.25, 0.3) is 0 Å². The number of hydrogen-bond donors (Lipinski definition) is 2. The molecule has 19 heavy (non-hydrogen) atoms. The van der Waals surface area contributed by atoms with Crippen molar-refractivity contribution in [2.75, 3.05) is 13.1 Å². The minimum absolute atomic E-state index is 0.0184. The number of pyridine rings is 1. The Morgan fingerprint density at radius 3 is 2.68 bits per heavy atom. The Kier molecular flexibility index (Phi) is 5.44. The molecule has 1 rings (SSSR count). The Hall–Kier alpha value is -1.47. The second-order valence-corrected chi connectivity index (χ2v) is 6.66. The Bertz CT molecular complexity index is 514. The summed E-state index contributed by atoms with van der Waals surface area (Å²) in [4.78, 5) is 4.00. The van der Waals surface area contributed by atoms with Gasteiger partial charge in [-0.1, -0.05) is 13.8 Å². The van der Waals surface area contributed by atoms with Crippen LogP contribution < -0.4 is 5.73 Å². The summed E-state index contributed by atoms with van der Waals surface area (Å²) >= 11 is 0. The van der Waals surface area contributed by atoms with Crippen LogP contribution in [0.15, 0.2) is 29.4 Å². The Balaban J connectivity index is 2.98. The van der Waals surface area contributed by atoms with E-state index < -0.39 is 10.0 Å². The highest BCUT2D eigenvalue weighted by atomic mass is 32.2. The topological polar surface area (TPSA) is 100 Å². The first-order chi connectivity index (χ1) is 8.84. The molecular weight excluding hydrogens is 264 g/mol. The van der Waals surface area contributed by atoms with Crippen molar-refractivity contribution in [1.82, 2.24) is 9.29 Å². The molecule has 0 atom stereocenters. The average molecular weight is 284 g/mol. The minimum atomic E-state index is -3.57. The lowest BCUT2D eigenvalue weighted by Crippen LogP contribution is -2.36. The lowest BCUT2D eigenvalue weighted by Gasteiger charge is -2.23. The summed E-state index contributed by atoms with van der Waals surface area (Å²) in [6, 6.07) is 3.11. The van der Waals surface area contributed by atoms with E-state index in [1.807, 2.05) is 13.8 Å². The zero-order chi connectivity index (χ0) is 14.5. The van der Waals surface area contributed by atoms with Gasteiger partial charge in [-0.15, -0.1) is 0 Å². The standard InChI is InChI=1S/C12H20N4O2S/c1-10(2)9-16(7-5-12(13)14)19(17,18)11-4-3-6-15-8-11/h3-4,6,8,10H,5,7,9H2,1-2H3,(H3,13,14). The van der Waals surface area contributed by atoms with Crippen LogP contribution in [0.4, 0.5) is 0 Å². The first-order valence-corrected chi connectivity index (χ1v) is 7.51. The number of sulfonamides is 1. The van der Waals surface area contributed by atoms with E-state index in [-0.39, 0.29) is 29.6 Å². The second kappa shape index (κ2) is 6.63. The molecule has 7 heteroatoms. The summed E-state index contributed by atoms with van der Waals surface area (Å²) in [6.07, 6.45) is 3.09. The molecule has 0 saturated carbocycles. The van der Waals surface area contributed by atoms with E-state index in [4.69, 9.17) is 11.1 Å². The highest BCUT2D eigenvalue weighted by Gasteiger charge is 2.25. The van der Waals surface area contributed by atoms with Crippen LogP contribution in [0, 0.1) is 11.3 Å². The molecule has 1 aromatic rings. The van der Waals surface area contributed by atoms with E-state index in [1.54, 1.807) is 6.07 Å². The van der Waals surface area contributed by atoms with Gasteiger partial charge >= 0.3 is 0 Å². The molecule has 0 unspecified atom stereocenters. The van der Waals surface area contributed by atoms with Crippen LogP contribution >= 0.6 is 0 Å². The Morgan fingerprint density at radius 1 is 1.53 bits per heavy atom. The Morgan fingerprint density at radius 2 is 2.21 bits per heavy atom. The van der Waals surface area contributed by atoms with E-state index in [1.165, 1.54) is 22.8 Å². The third-order valence-electron chi connectivity index (χ3n) is 2.47. The molecule has 0 spiro atoms. The van der Waals surface area contributed by atoms with Crippen LogP contribution in [0.5, 0.6) is 0 Å². The van der Waals surface area contributed by atoms with Crippen molar-refractivity contribution in [3.8, 4) is 0 Å². The largest absolute Gasteiger partial charge is 0.388 e.